The van der Waals surface area contributed by atoms with E-state index < -0.39 is 5.60 Å². The van der Waals surface area contributed by atoms with Crippen LogP contribution >= 0.6 is 0 Å². The van der Waals surface area contributed by atoms with Crippen LogP contribution in [0.15, 0.2) is 36.4 Å². The second-order valence-electron chi connectivity index (χ2n) is 7.13. The summed E-state index contributed by atoms with van der Waals surface area (Å²) in [5.74, 6) is 0.520. The van der Waals surface area contributed by atoms with Crippen molar-refractivity contribution >= 4 is 5.91 Å². The third-order valence-corrected chi connectivity index (χ3v) is 4.17. The molecule has 0 fully saturated rings. The van der Waals surface area contributed by atoms with Gasteiger partial charge in [0.25, 0.3) is 5.91 Å². The van der Waals surface area contributed by atoms with Crippen LogP contribution in [0.1, 0.15) is 50.0 Å². The second-order valence-corrected chi connectivity index (χ2v) is 7.13. The lowest BCUT2D eigenvalue weighted by Crippen LogP contribution is -2.39. The first-order valence-corrected chi connectivity index (χ1v) is 8.07. The van der Waals surface area contributed by atoms with Gasteiger partial charge in [-0.25, -0.2) is 0 Å². The first kappa shape index (κ1) is 16.8. The summed E-state index contributed by atoms with van der Waals surface area (Å²) in [6.45, 7) is 8.61. The molecule has 1 aromatic rings. The zero-order valence-electron chi connectivity index (χ0n) is 14.0. The van der Waals surface area contributed by atoms with Crippen LogP contribution < -0.4 is 0 Å². The van der Waals surface area contributed by atoms with Crippen LogP contribution in [0.5, 0.6) is 0 Å². The van der Waals surface area contributed by atoms with E-state index in [1.807, 2.05) is 43.0 Å². The van der Waals surface area contributed by atoms with Crippen molar-refractivity contribution in [3.05, 3.63) is 47.5 Å². The van der Waals surface area contributed by atoms with Gasteiger partial charge in [0.2, 0.25) is 0 Å². The monoisotopic (exact) mass is 301 g/mol. The number of aryl methyl sites for hydroxylation is 1. The third kappa shape index (κ3) is 4.20. The second kappa shape index (κ2) is 6.66. The van der Waals surface area contributed by atoms with Gasteiger partial charge in [-0.05, 0) is 50.3 Å². The number of amides is 1. The maximum Gasteiger partial charge on any atom is 0.254 e. The largest absolute Gasteiger partial charge is 0.390 e. The molecule has 22 heavy (non-hydrogen) atoms. The fraction of sp³-hybridized carbons (Fsp3) is 0.526. The van der Waals surface area contributed by atoms with E-state index in [2.05, 4.69) is 26.0 Å². The Morgan fingerprint density at radius 2 is 1.95 bits per heavy atom. The van der Waals surface area contributed by atoms with E-state index in [1.54, 1.807) is 0 Å². The summed E-state index contributed by atoms with van der Waals surface area (Å²) in [7, 11) is 0. The van der Waals surface area contributed by atoms with Crippen LogP contribution in [0.25, 0.3) is 0 Å². The summed E-state index contributed by atoms with van der Waals surface area (Å²) >= 11 is 0. The number of rotatable bonds is 5. The standard InChI is InChI=1S/C19H27NO2/c1-14(2)17-6-5-13-20(17)18(21)16-9-7-15(8-10-16)11-12-19(3,4)22/h5-10,14,17,22H,11-13H2,1-4H3/t17-/m0/s1. The summed E-state index contributed by atoms with van der Waals surface area (Å²) in [6.07, 6.45) is 5.73. The molecule has 0 aliphatic carbocycles. The highest BCUT2D eigenvalue weighted by molar-refractivity contribution is 5.95. The van der Waals surface area contributed by atoms with Crippen molar-refractivity contribution in [1.82, 2.24) is 4.90 Å². The first-order valence-electron chi connectivity index (χ1n) is 8.07. The molecule has 3 heteroatoms. The summed E-state index contributed by atoms with van der Waals surface area (Å²) in [5, 5.41) is 9.78. The zero-order valence-corrected chi connectivity index (χ0v) is 14.0. The Bertz CT molecular complexity index is 538. The molecule has 1 heterocycles. The fourth-order valence-electron chi connectivity index (χ4n) is 2.77. The van der Waals surface area contributed by atoms with Crippen LogP contribution in [0.3, 0.4) is 0 Å². The highest BCUT2D eigenvalue weighted by atomic mass is 16.3. The van der Waals surface area contributed by atoms with Gasteiger partial charge >= 0.3 is 0 Å². The van der Waals surface area contributed by atoms with Crippen LogP contribution in [-0.4, -0.2) is 34.1 Å². The van der Waals surface area contributed by atoms with Gasteiger partial charge in [-0.3, -0.25) is 4.79 Å². The molecule has 1 aliphatic rings. The lowest BCUT2D eigenvalue weighted by atomic mass is 9.98. The number of carbonyl (C=O) groups excluding carboxylic acids is 1. The van der Waals surface area contributed by atoms with Gasteiger partial charge in [0.15, 0.2) is 0 Å². The Kier molecular flexibility index (Phi) is 5.07. The SMILES string of the molecule is CC(C)[C@@H]1C=CCN1C(=O)c1ccc(CCC(C)(C)O)cc1. The Hall–Kier alpha value is -1.61. The van der Waals surface area contributed by atoms with Crippen molar-refractivity contribution < 1.29 is 9.90 Å². The molecule has 0 bridgehead atoms. The van der Waals surface area contributed by atoms with Crippen molar-refractivity contribution in [2.24, 2.45) is 5.92 Å². The number of hydrogen-bond acceptors (Lipinski definition) is 2. The average molecular weight is 301 g/mol. The van der Waals surface area contributed by atoms with E-state index in [-0.39, 0.29) is 11.9 Å². The van der Waals surface area contributed by atoms with E-state index in [1.165, 1.54) is 0 Å². The van der Waals surface area contributed by atoms with Gasteiger partial charge in [0.1, 0.15) is 0 Å². The number of hydrogen-bond donors (Lipinski definition) is 1. The van der Waals surface area contributed by atoms with Crippen molar-refractivity contribution in [2.45, 2.75) is 52.2 Å². The molecular weight excluding hydrogens is 274 g/mol. The van der Waals surface area contributed by atoms with Crippen LogP contribution in [0.2, 0.25) is 0 Å². The Balaban J connectivity index is 2.02. The predicted octanol–water partition coefficient (Wildman–Crippen LogP) is 3.43. The summed E-state index contributed by atoms with van der Waals surface area (Å²) in [6, 6.07) is 7.98. The number of aliphatic hydroxyl groups is 1. The van der Waals surface area contributed by atoms with Gasteiger partial charge in [-0.1, -0.05) is 38.1 Å². The van der Waals surface area contributed by atoms with Crippen LogP contribution in [0.4, 0.5) is 0 Å². The van der Waals surface area contributed by atoms with Crippen molar-refractivity contribution in [2.75, 3.05) is 6.54 Å². The molecule has 3 nitrogen and oxygen atoms in total. The smallest absolute Gasteiger partial charge is 0.254 e. The zero-order chi connectivity index (χ0) is 16.3. The van der Waals surface area contributed by atoms with Crippen molar-refractivity contribution in [3.63, 3.8) is 0 Å². The van der Waals surface area contributed by atoms with Gasteiger partial charge in [0.05, 0.1) is 11.6 Å². The molecule has 1 amide bonds. The van der Waals surface area contributed by atoms with Crippen molar-refractivity contribution in [3.8, 4) is 0 Å². The van der Waals surface area contributed by atoms with Crippen LogP contribution in [-0.2, 0) is 6.42 Å². The Morgan fingerprint density at radius 1 is 1.32 bits per heavy atom. The third-order valence-electron chi connectivity index (χ3n) is 4.17. The number of benzene rings is 1. The maximum absolute atomic E-state index is 12.6. The van der Waals surface area contributed by atoms with Gasteiger partial charge in [-0.15, -0.1) is 0 Å². The van der Waals surface area contributed by atoms with E-state index in [4.69, 9.17) is 0 Å². The molecule has 120 valence electrons. The minimum Gasteiger partial charge on any atom is -0.390 e. The molecule has 2 rings (SSSR count). The molecule has 0 radical (unpaired) electrons. The Morgan fingerprint density at radius 3 is 2.50 bits per heavy atom. The number of carbonyl (C=O) groups is 1. The van der Waals surface area contributed by atoms with Gasteiger partial charge < -0.3 is 10.0 Å². The molecule has 0 spiro atoms. The minimum absolute atomic E-state index is 0.0951. The first-order chi connectivity index (χ1) is 10.3. The molecule has 1 aliphatic heterocycles. The Labute approximate surface area is 133 Å². The van der Waals surface area contributed by atoms with E-state index >= 15 is 0 Å². The lowest BCUT2D eigenvalue weighted by Gasteiger charge is -2.27. The topological polar surface area (TPSA) is 40.5 Å². The minimum atomic E-state index is -0.653. The highest BCUT2D eigenvalue weighted by Crippen LogP contribution is 2.21. The molecule has 0 unspecified atom stereocenters. The van der Waals surface area contributed by atoms with E-state index in [9.17, 15) is 9.90 Å². The summed E-state index contributed by atoms with van der Waals surface area (Å²) < 4.78 is 0. The molecule has 1 atom stereocenters. The summed E-state index contributed by atoms with van der Waals surface area (Å²) in [4.78, 5) is 14.6. The number of nitrogens with zero attached hydrogens (tertiary/aromatic N) is 1. The molecular formula is C19H27NO2. The summed E-state index contributed by atoms with van der Waals surface area (Å²) in [5.41, 5.74) is 1.24. The molecule has 1 aromatic carbocycles. The van der Waals surface area contributed by atoms with Gasteiger partial charge in [0, 0.05) is 12.1 Å². The van der Waals surface area contributed by atoms with Gasteiger partial charge in [-0.2, -0.15) is 0 Å². The average Bonchev–Trinajstić information content (AvgIpc) is 2.94. The molecule has 1 N–H and O–H groups in total. The molecule has 0 aromatic heterocycles. The van der Waals surface area contributed by atoms with Crippen LogP contribution in [0, 0.1) is 5.92 Å². The maximum atomic E-state index is 12.6. The molecule has 0 saturated heterocycles. The quantitative estimate of drug-likeness (QED) is 0.847. The highest BCUT2D eigenvalue weighted by Gasteiger charge is 2.27. The lowest BCUT2D eigenvalue weighted by molar-refractivity contribution is 0.0707. The normalized spacial score (nSPS) is 18.3. The van der Waals surface area contributed by atoms with E-state index in [0.29, 0.717) is 18.9 Å². The van der Waals surface area contributed by atoms with E-state index in [0.717, 1.165) is 17.5 Å². The predicted molar refractivity (Wildman–Crippen MR) is 89.9 cm³/mol. The molecule has 0 saturated carbocycles. The van der Waals surface area contributed by atoms with Crippen molar-refractivity contribution in [1.29, 1.82) is 0 Å². The fourth-order valence-corrected chi connectivity index (χ4v) is 2.77.